The van der Waals surface area contributed by atoms with Gasteiger partial charge in [0.25, 0.3) is 0 Å². The molecule has 0 bridgehead atoms. The van der Waals surface area contributed by atoms with Crippen molar-refractivity contribution < 1.29 is 4.74 Å². The van der Waals surface area contributed by atoms with Crippen LogP contribution in [0.15, 0.2) is 170 Å². The Balaban J connectivity index is 1.34. The molecule has 0 spiro atoms. The SMILES string of the molecule is c1ccc2c(c1)Oc1ccccc1-c1ccc(-c3c4ccccc4c(-c4ccc5ccccc5c4)c4ccccc34)c3cccc-2c13. The van der Waals surface area contributed by atoms with Gasteiger partial charge in [-0.25, -0.2) is 0 Å². The number of fused-ring (bicyclic) bond motifs is 7. The van der Waals surface area contributed by atoms with Crippen LogP contribution in [0.1, 0.15) is 0 Å². The van der Waals surface area contributed by atoms with E-state index in [-0.39, 0.29) is 0 Å². The van der Waals surface area contributed by atoms with E-state index in [9.17, 15) is 0 Å². The van der Waals surface area contributed by atoms with Crippen LogP contribution in [-0.2, 0) is 0 Å². The van der Waals surface area contributed by atoms with E-state index in [1.807, 2.05) is 0 Å². The maximum absolute atomic E-state index is 6.58. The van der Waals surface area contributed by atoms with E-state index in [1.165, 1.54) is 76.5 Å². The third kappa shape index (κ3) is 3.90. The van der Waals surface area contributed by atoms with Crippen molar-refractivity contribution in [3.05, 3.63) is 170 Å². The lowest BCUT2D eigenvalue weighted by Gasteiger charge is -2.24. The molecular weight excluding hydrogens is 569 g/mol. The van der Waals surface area contributed by atoms with Crippen LogP contribution in [0.25, 0.3) is 87.6 Å². The lowest BCUT2D eigenvalue weighted by atomic mass is 9.82. The Morgan fingerprint density at radius 1 is 0.298 bits per heavy atom. The molecule has 1 aliphatic heterocycles. The molecule has 0 atom stereocenters. The van der Waals surface area contributed by atoms with Crippen molar-refractivity contribution in [3.63, 3.8) is 0 Å². The summed E-state index contributed by atoms with van der Waals surface area (Å²) in [4.78, 5) is 0. The number of hydrogen-bond donors (Lipinski definition) is 0. The number of para-hydroxylation sites is 2. The summed E-state index contributed by atoms with van der Waals surface area (Å²) >= 11 is 0. The minimum absolute atomic E-state index is 0.874. The maximum atomic E-state index is 6.58. The van der Waals surface area contributed by atoms with Gasteiger partial charge in [0.2, 0.25) is 0 Å². The van der Waals surface area contributed by atoms with Crippen LogP contribution < -0.4 is 4.74 Å². The molecule has 0 saturated carbocycles. The number of hydrogen-bond acceptors (Lipinski definition) is 1. The van der Waals surface area contributed by atoms with E-state index in [2.05, 4.69) is 170 Å². The first-order valence-corrected chi connectivity index (χ1v) is 16.2. The Bertz CT molecular complexity index is 2610. The van der Waals surface area contributed by atoms with E-state index in [4.69, 9.17) is 4.74 Å². The first-order valence-electron chi connectivity index (χ1n) is 16.2. The second-order valence-electron chi connectivity index (χ2n) is 12.4. The summed E-state index contributed by atoms with van der Waals surface area (Å²) in [6.07, 6.45) is 0. The maximum Gasteiger partial charge on any atom is 0.135 e. The lowest BCUT2D eigenvalue weighted by Crippen LogP contribution is -1.98. The molecule has 0 fully saturated rings. The smallest absolute Gasteiger partial charge is 0.135 e. The summed E-state index contributed by atoms with van der Waals surface area (Å²) < 4.78 is 6.58. The van der Waals surface area contributed by atoms with Gasteiger partial charge in [-0.3, -0.25) is 0 Å². The van der Waals surface area contributed by atoms with E-state index in [1.54, 1.807) is 0 Å². The van der Waals surface area contributed by atoms with Gasteiger partial charge in [0.15, 0.2) is 0 Å². The number of rotatable bonds is 2. The van der Waals surface area contributed by atoms with Crippen molar-refractivity contribution in [2.24, 2.45) is 0 Å². The van der Waals surface area contributed by atoms with Gasteiger partial charge in [-0.1, -0.05) is 152 Å². The third-order valence-corrected chi connectivity index (χ3v) is 9.85. The zero-order chi connectivity index (χ0) is 30.9. The zero-order valence-corrected chi connectivity index (χ0v) is 25.6. The highest BCUT2D eigenvalue weighted by Gasteiger charge is 2.23. The second-order valence-corrected chi connectivity index (χ2v) is 12.4. The van der Waals surface area contributed by atoms with Gasteiger partial charge >= 0.3 is 0 Å². The average Bonchev–Trinajstić information content (AvgIpc) is 3.13. The van der Waals surface area contributed by atoms with Crippen LogP contribution in [0, 0.1) is 0 Å². The quantitative estimate of drug-likeness (QED) is 0.180. The minimum atomic E-state index is 0.874. The first kappa shape index (κ1) is 26.1. The van der Waals surface area contributed by atoms with Crippen LogP contribution in [0.5, 0.6) is 11.5 Å². The molecule has 1 aliphatic rings. The van der Waals surface area contributed by atoms with Gasteiger partial charge in [-0.2, -0.15) is 0 Å². The highest BCUT2D eigenvalue weighted by Crippen LogP contribution is 2.51. The molecule has 10 rings (SSSR count). The fraction of sp³-hybridized carbons (Fsp3) is 0. The standard InChI is InChI=1S/C46H28O/c1-2-13-30-28-31(25-24-29(30)12-1)44-35-16-3-5-18-37(35)46(38-19-6-4-17-36(38)44)41-27-26-40-33-15-8-10-23-43(33)47-42-22-9-7-14-32(42)34-20-11-21-39(41)45(34)40/h1-28H. The molecule has 0 radical (unpaired) electrons. The normalized spacial score (nSPS) is 12.0. The van der Waals surface area contributed by atoms with E-state index in [0.717, 1.165) is 22.6 Å². The Morgan fingerprint density at radius 2 is 0.787 bits per heavy atom. The Labute approximate surface area is 272 Å². The van der Waals surface area contributed by atoms with Crippen molar-refractivity contribution in [3.8, 4) is 56.0 Å². The molecular formula is C46H28O. The summed E-state index contributed by atoms with van der Waals surface area (Å²) in [7, 11) is 0. The summed E-state index contributed by atoms with van der Waals surface area (Å²) in [5.41, 5.74) is 9.60. The summed E-state index contributed by atoms with van der Waals surface area (Å²) in [5, 5.41) is 10.0. The predicted molar refractivity (Wildman–Crippen MR) is 198 cm³/mol. The lowest BCUT2D eigenvalue weighted by molar-refractivity contribution is 0.486. The van der Waals surface area contributed by atoms with Crippen LogP contribution >= 0.6 is 0 Å². The zero-order valence-electron chi connectivity index (χ0n) is 25.6. The number of benzene rings is 9. The molecule has 0 saturated heterocycles. The predicted octanol–water partition coefficient (Wildman–Crippen LogP) is 13.1. The van der Waals surface area contributed by atoms with Crippen molar-refractivity contribution in [2.45, 2.75) is 0 Å². The molecule has 218 valence electrons. The highest BCUT2D eigenvalue weighted by atomic mass is 16.5. The topological polar surface area (TPSA) is 9.23 Å². The minimum Gasteiger partial charge on any atom is -0.456 e. The molecule has 9 aromatic rings. The summed E-state index contributed by atoms with van der Waals surface area (Å²) in [6.45, 7) is 0. The van der Waals surface area contributed by atoms with Gasteiger partial charge in [-0.05, 0) is 94.7 Å². The van der Waals surface area contributed by atoms with Crippen molar-refractivity contribution in [1.29, 1.82) is 0 Å². The number of ether oxygens (including phenoxy) is 1. The highest BCUT2D eigenvalue weighted by molar-refractivity contribution is 6.25. The summed E-state index contributed by atoms with van der Waals surface area (Å²) in [5.74, 6) is 1.75. The van der Waals surface area contributed by atoms with Crippen molar-refractivity contribution in [2.75, 3.05) is 0 Å². The molecule has 9 aromatic carbocycles. The van der Waals surface area contributed by atoms with Crippen molar-refractivity contribution in [1.82, 2.24) is 0 Å². The fourth-order valence-corrected chi connectivity index (χ4v) is 7.82. The molecule has 1 heterocycles. The molecule has 0 aromatic heterocycles. The fourth-order valence-electron chi connectivity index (χ4n) is 7.82. The first-order chi connectivity index (χ1) is 23.3. The molecule has 0 aliphatic carbocycles. The van der Waals surface area contributed by atoms with Gasteiger partial charge in [0.1, 0.15) is 11.5 Å². The van der Waals surface area contributed by atoms with Crippen LogP contribution in [0.4, 0.5) is 0 Å². The van der Waals surface area contributed by atoms with Gasteiger partial charge in [0, 0.05) is 11.1 Å². The Kier molecular flexibility index (Phi) is 5.64. The molecule has 1 heteroatoms. The van der Waals surface area contributed by atoms with Gasteiger partial charge in [-0.15, -0.1) is 0 Å². The Hall–Kier alpha value is -6.18. The second kappa shape index (κ2) is 10.2. The Morgan fingerprint density at radius 3 is 1.47 bits per heavy atom. The molecule has 0 amide bonds. The summed E-state index contributed by atoms with van der Waals surface area (Å²) in [6, 6.07) is 61.5. The van der Waals surface area contributed by atoms with E-state index >= 15 is 0 Å². The average molecular weight is 597 g/mol. The van der Waals surface area contributed by atoms with Crippen LogP contribution in [0.2, 0.25) is 0 Å². The molecule has 1 nitrogen and oxygen atoms in total. The third-order valence-electron chi connectivity index (χ3n) is 9.85. The van der Waals surface area contributed by atoms with Crippen molar-refractivity contribution >= 4 is 43.1 Å². The van der Waals surface area contributed by atoms with Crippen LogP contribution in [0.3, 0.4) is 0 Å². The van der Waals surface area contributed by atoms with E-state index < -0.39 is 0 Å². The molecule has 47 heavy (non-hydrogen) atoms. The van der Waals surface area contributed by atoms with Gasteiger partial charge in [0.05, 0.1) is 0 Å². The largest absolute Gasteiger partial charge is 0.456 e. The monoisotopic (exact) mass is 596 g/mol. The molecule has 0 N–H and O–H groups in total. The molecule has 0 unspecified atom stereocenters. The van der Waals surface area contributed by atoms with E-state index in [0.29, 0.717) is 0 Å². The van der Waals surface area contributed by atoms with Gasteiger partial charge < -0.3 is 4.74 Å². The van der Waals surface area contributed by atoms with Crippen LogP contribution in [-0.4, -0.2) is 0 Å².